The number of hydrogen-bond acceptors (Lipinski definition) is 5. The van der Waals surface area contributed by atoms with Crippen molar-refractivity contribution in [2.75, 3.05) is 25.4 Å². The van der Waals surface area contributed by atoms with Gasteiger partial charge in [-0.15, -0.1) is 0 Å². The molecule has 1 aromatic carbocycles. The van der Waals surface area contributed by atoms with Gasteiger partial charge in [-0.05, 0) is 36.0 Å². The molecule has 0 saturated carbocycles. The molecular weight excluding hydrogens is 305 g/mol. The number of thioether (sulfide) groups is 1. The summed E-state index contributed by atoms with van der Waals surface area (Å²) in [6.07, 6.45) is -0.823. The van der Waals surface area contributed by atoms with Gasteiger partial charge >= 0.3 is 5.51 Å². The fourth-order valence-electron chi connectivity index (χ4n) is 1.38. The summed E-state index contributed by atoms with van der Waals surface area (Å²) in [6, 6.07) is 8.38. The third kappa shape index (κ3) is 8.45. The van der Waals surface area contributed by atoms with Gasteiger partial charge < -0.3 is 15.2 Å². The highest BCUT2D eigenvalue weighted by atomic mass is 32.2. The van der Waals surface area contributed by atoms with E-state index in [1.807, 2.05) is 6.07 Å². The van der Waals surface area contributed by atoms with E-state index in [0.717, 1.165) is 0 Å². The minimum atomic E-state index is -4.22. The number of nitrogens with one attached hydrogen (secondary N) is 1. The molecule has 0 radical (unpaired) electrons. The summed E-state index contributed by atoms with van der Waals surface area (Å²) >= 11 is -0.103. The summed E-state index contributed by atoms with van der Waals surface area (Å²) in [5.41, 5.74) is -3.72. The SMILES string of the molecule is N#Cc1ccc(OCC(O)CNCCSC(F)(F)F)cc1. The summed E-state index contributed by atoms with van der Waals surface area (Å²) in [4.78, 5) is 0. The summed E-state index contributed by atoms with van der Waals surface area (Å²) in [7, 11) is 0. The molecule has 0 heterocycles. The molecule has 1 rings (SSSR count). The molecule has 116 valence electrons. The van der Waals surface area contributed by atoms with Crippen molar-refractivity contribution in [3.05, 3.63) is 29.8 Å². The van der Waals surface area contributed by atoms with Crippen molar-refractivity contribution in [1.82, 2.24) is 5.32 Å². The third-order valence-electron chi connectivity index (χ3n) is 2.35. The van der Waals surface area contributed by atoms with Crippen molar-refractivity contribution in [1.29, 1.82) is 5.26 Å². The first-order valence-corrected chi connectivity index (χ1v) is 7.11. The van der Waals surface area contributed by atoms with Gasteiger partial charge in [0.25, 0.3) is 0 Å². The Hall–Kier alpha value is -1.43. The van der Waals surface area contributed by atoms with Gasteiger partial charge in [0.2, 0.25) is 0 Å². The van der Waals surface area contributed by atoms with Crippen molar-refractivity contribution >= 4 is 11.8 Å². The molecule has 0 aliphatic rings. The molecule has 0 spiro atoms. The molecule has 0 aromatic heterocycles. The van der Waals surface area contributed by atoms with Crippen molar-refractivity contribution < 1.29 is 23.0 Å². The van der Waals surface area contributed by atoms with Gasteiger partial charge in [0, 0.05) is 18.8 Å². The number of halogens is 3. The number of aliphatic hydroxyl groups is 1. The smallest absolute Gasteiger partial charge is 0.441 e. The summed E-state index contributed by atoms with van der Waals surface area (Å²) in [6.45, 7) is 0.318. The van der Waals surface area contributed by atoms with Crippen LogP contribution < -0.4 is 10.1 Å². The lowest BCUT2D eigenvalue weighted by molar-refractivity contribution is -0.0327. The van der Waals surface area contributed by atoms with Crippen molar-refractivity contribution in [2.45, 2.75) is 11.6 Å². The number of rotatable bonds is 8. The Balaban J connectivity index is 2.13. The molecule has 0 bridgehead atoms. The van der Waals surface area contributed by atoms with E-state index in [0.29, 0.717) is 11.3 Å². The number of hydrogen-bond donors (Lipinski definition) is 2. The minimum Gasteiger partial charge on any atom is -0.491 e. The maximum Gasteiger partial charge on any atom is 0.441 e. The zero-order chi connectivity index (χ0) is 15.7. The van der Waals surface area contributed by atoms with E-state index in [1.165, 1.54) is 0 Å². The average Bonchev–Trinajstić information content (AvgIpc) is 2.44. The van der Waals surface area contributed by atoms with Gasteiger partial charge in [-0.3, -0.25) is 0 Å². The lowest BCUT2D eigenvalue weighted by Crippen LogP contribution is -2.32. The van der Waals surface area contributed by atoms with E-state index < -0.39 is 11.6 Å². The van der Waals surface area contributed by atoms with Gasteiger partial charge in [-0.1, -0.05) is 0 Å². The number of alkyl halides is 3. The molecule has 0 aliphatic heterocycles. The highest BCUT2D eigenvalue weighted by molar-refractivity contribution is 8.00. The maximum absolute atomic E-state index is 11.8. The van der Waals surface area contributed by atoms with Crippen LogP contribution in [0, 0.1) is 11.3 Å². The molecule has 8 heteroatoms. The molecule has 1 unspecified atom stereocenters. The normalized spacial score (nSPS) is 12.7. The number of nitriles is 1. The maximum atomic E-state index is 11.8. The predicted octanol–water partition coefficient (Wildman–Crippen LogP) is 2.14. The van der Waals surface area contributed by atoms with Crippen LogP contribution in [0.15, 0.2) is 24.3 Å². The second-order valence-corrected chi connectivity index (χ2v) is 5.26. The number of nitrogens with zero attached hydrogens (tertiary/aromatic N) is 1. The van der Waals surface area contributed by atoms with Gasteiger partial charge in [0.1, 0.15) is 18.5 Å². The topological polar surface area (TPSA) is 65.3 Å². The van der Waals surface area contributed by atoms with E-state index in [1.54, 1.807) is 24.3 Å². The molecule has 1 aromatic rings. The number of ether oxygens (including phenoxy) is 1. The molecule has 2 N–H and O–H groups in total. The quantitative estimate of drug-likeness (QED) is 0.719. The Morgan fingerprint density at radius 1 is 1.33 bits per heavy atom. The van der Waals surface area contributed by atoms with Crippen molar-refractivity contribution in [3.63, 3.8) is 0 Å². The van der Waals surface area contributed by atoms with Crippen LogP contribution in [-0.4, -0.2) is 42.2 Å². The summed E-state index contributed by atoms with van der Waals surface area (Å²) in [5.74, 6) is 0.410. The Morgan fingerprint density at radius 3 is 2.57 bits per heavy atom. The third-order valence-corrected chi connectivity index (χ3v) is 3.09. The molecule has 0 aliphatic carbocycles. The van der Waals surface area contributed by atoms with Crippen molar-refractivity contribution in [3.8, 4) is 11.8 Å². The van der Waals surface area contributed by atoms with Crippen LogP contribution in [0.4, 0.5) is 13.2 Å². The molecule has 1 atom stereocenters. The molecule has 0 amide bonds. The highest BCUT2D eigenvalue weighted by Gasteiger charge is 2.27. The Bertz CT molecular complexity index is 460. The second kappa shape index (κ2) is 8.77. The Morgan fingerprint density at radius 2 is 2.00 bits per heavy atom. The fraction of sp³-hybridized carbons (Fsp3) is 0.462. The van der Waals surface area contributed by atoms with E-state index >= 15 is 0 Å². The zero-order valence-electron chi connectivity index (χ0n) is 11.1. The number of aliphatic hydroxyl groups excluding tert-OH is 1. The lowest BCUT2D eigenvalue weighted by Gasteiger charge is -2.13. The van der Waals surface area contributed by atoms with E-state index in [2.05, 4.69) is 5.32 Å². The van der Waals surface area contributed by atoms with Crippen LogP contribution in [0.3, 0.4) is 0 Å². The Labute approximate surface area is 124 Å². The number of benzene rings is 1. The Kier molecular flexibility index (Phi) is 7.36. The molecule has 0 saturated heterocycles. The van der Waals surface area contributed by atoms with Gasteiger partial charge in [-0.2, -0.15) is 18.4 Å². The molecular formula is C13H15F3N2O2S. The second-order valence-electron chi connectivity index (χ2n) is 4.10. The summed E-state index contributed by atoms with van der Waals surface area (Å²) in [5, 5.41) is 20.9. The van der Waals surface area contributed by atoms with Crippen LogP contribution in [0.2, 0.25) is 0 Å². The van der Waals surface area contributed by atoms with Gasteiger partial charge in [-0.25, -0.2) is 0 Å². The van der Waals surface area contributed by atoms with Crippen LogP contribution in [0.1, 0.15) is 5.56 Å². The zero-order valence-corrected chi connectivity index (χ0v) is 11.9. The van der Waals surface area contributed by atoms with E-state index in [4.69, 9.17) is 10.00 Å². The molecule has 21 heavy (non-hydrogen) atoms. The van der Waals surface area contributed by atoms with Crippen LogP contribution in [0.5, 0.6) is 5.75 Å². The monoisotopic (exact) mass is 320 g/mol. The minimum absolute atomic E-state index is 0.0192. The summed E-state index contributed by atoms with van der Waals surface area (Å²) < 4.78 is 40.8. The van der Waals surface area contributed by atoms with Crippen molar-refractivity contribution in [2.24, 2.45) is 0 Å². The van der Waals surface area contributed by atoms with Crippen LogP contribution in [-0.2, 0) is 0 Å². The van der Waals surface area contributed by atoms with E-state index in [-0.39, 0.29) is 37.2 Å². The fourth-order valence-corrected chi connectivity index (χ4v) is 1.86. The van der Waals surface area contributed by atoms with Crippen LogP contribution in [0.25, 0.3) is 0 Å². The van der Waals surface area contributed by atoms with E-state index in [9.17, 15) is 18.3 Å². The average molecular weight is 320 g/mol. The highest BCUT2D eigenvalue weighted by Crippen LogP contribution is 2.29. The molecule has 0 fully saturated rings. The first-order chi connectivity index (χ1) is 9.90. The van der Waals surface area contributed by atoms with Crippen LogP contribution >= 0.6 is 11.8 Å². The lowest BCUT2D eigenvalue weighted by atomic mass is 10.2. The van der Waals surface area contributed by atoms with Gasteiger partial charge in [0.05, 0.1) is 11.6 Å². The largest absolute Gasteiger partial charge is 0.491 e. The first kappa shape index (κ1) is 17.6. The molecule has 4 nitrogen and oxygen atoms in total. The standard InChI is InChI=1S/C13H15F3N2O2S/c14-13(15,16)21-6-5-18-8-11(19)9-20-12-3-1-10(7-17)2-4-12/h1-4,11,18-19H,5-6,8-9H2. The predicted molar refractivity (Wildman–Crippen MR) is 74.0 cm³/mol. The first-order valence-electron chi connectivity index (χ1n) is 6.13. The van der Waals surface area contributed by atoms with Gasteiger partial charge in [0.15, 0.2) is 0 Å².